The Morgan fingerprint density at radius 2 is 2.29 bits per heavy atom. The van der Waals surface area contributed by atoms with Gasteiger partial charge in [-0.15, -0.1) is 0 Å². The van der Waals surface area contributed by atoms with Gasteiger partial charge in [-0.1, -0.05) is 0 Å². The van der Waals surface area contributed by atoms with Gasteiger partial charge in [0.15, 0.2) is 0 Å². The summed E-state index contributed by atoms with van der Waals surface area (Å²) in [5.41, 5.74) is 0.763. The fourth-order valence-electron chi connectivity index (χ4n) is 1.18. The lowest BCUT2D eigenvalue weighted by atomic mass is 10.2. The Labute approximate surface area is 80.6 Å². The molecule has 14 heavy (non-hydrogen) atoms. The van der Waals surface area contributed by atoms with Crippen molar-refractivity contribution in [2.45, 2.75) is 6.92 Å². The zero-order valence-electron chi connectivity index (χ0n) is 7.60. The third-order valence-electron chi connectivity index (χ3n) is 1.74. The number of nitrogens with zero attached hydrogens (tertiary/aromatic N) is 2. The Morgan fingerprint density at radius 1 is 1.43 bits per heavy atom. The highest BCUT2D eigenvalue weighted by Crippen LogP contribution is 2.17. The van der Waals surface area contributed by atoms with Crippen LogP contribution >= 0.6 is 0 Å². The molecule has 4 nitrogen and oxygen atoms in total. The summed E-state index contributed by atoms with van der Waals surface area (Å²) in [6.07, 6.45) is 3.17. The maximum atomic E-state index is 10.7. The fraction of sp³-hybridized carbons (Fsp3) is 0.100. The van der Waals surface area contributed by atoms with E-state index in [2.05, 4.69) is 9.97 Å². The maximum absolute atomic E-state index is 10.7. The largest absolute Gasteiger partial charge is 0.427 e. The second kappa shape index (κ2) is 3.41. The highest BCUT2D eigenvalue weighted by Gasteiger charge is 2.00. The summed E-state index contributed by atoms with van der Waals surface area (Å²) >= 11 is 0. The number of carbonyl (C=O) groups excluding carboxylic acids is 1. The van der Waals surface area contributed by atoms with Crippen LogP contribution in [0.1, 0.15) is 6.92 Å². The highest BCUT2D eigenvalue weighted by atomic mass is 16.5. The molecule has 0 aliphatic heterocycles. The van der Waals surface area contributed by atoms with Crippen LogP contribution in [0, 0.1) is 0 Å². The van der Waals surface area contributed by atoms with E-state index in [9.17, 15) is 4.79 Å². The number of fused-ring (bicyclic) bond motifs is 1. The van der Waals surface area contributed by atoms with Crippen molar-refractivity contribution >= 4 is 16.9 Å². The summed E-state index contributed by atoms with van der Waals surface area (Å²) < 4.78 is 4.92. The molecule has 0 saturated heterocycles. The minimum Gasteiger partial charge on any atom is -0.427 e. The van der Waals surface area contributed by atoms with Crippen LogP contribution < -0.4 is 4.74 Å². The molecule has 0 aliphatic carbocycles. The molecule has 0 bridgehead atoms. The van der Waals surface area contributed by atoms with Crippen LogP contribution in [-0.2, 0) is 4.79 Å². The van der Waals surface area contributed by atoms with E-state index in [0.29, 0.717) is 5.75 Å². The molecule has 4 heteroatoms. The first-order chi connectivity index (χ1) is 6.75. The van der Waals surface area contributed by atoms with Gasteiger partial charge in [-0.25, -0.2) is 9.97 Å². The Kier molecular flexibility index (Phi) is 2.10. The van der Waals surface area contributed by atoms with E-state index < -0.39 is 0 Å². The molecule has 2 rings (SSSR count). The number of rotatable bonds is 1. The third kappa shape index (κ3) is 1.69. The lowest BCUT2D eigenvalue weighted by Gasteiger charge is -2.01. The average Bonchev–Trinajstić information content (AvgIpc) is 2.17. The zero-order valence-corrected chi connectivity index (χ0v) is 7.60. The number of hydrogen-bond acceptors (Lipinski definition) is 4. The molecule has 2 aromatic rings. The van der Waals surface area contributed by atoms with Gasteiger partial charge in [-0.2, -0.15) is 0 Å². The van der Waals surface area contributed by atoms with Crippen LogP contribution in [0.5, 0.6) is 5.75 Å². The lowest BCUT2D eigenvalue weighted by Crippen LogP contribution is -2.01. The van der Waals surface area contributed by atoms with Gasteiger partial charge in [-0.3, -0.25) is 4.79 Å². The summed E-state index contributed by atoms with van der Waals surface area (Å²) in [6.45, 7) is 1.37. The molecular formula is C10H8N2O2. The Bertz CT molecular complexity index is 482. The van der Waals surface area contributed by atoms with E-state index in [1.165, 1.54) is 13.3 Å². The smallest absolute Gasteiger partial charge is 0.308 e. The standard InChI is InChI=1S/C10H8N2O2/c1-7(13)14-9-3-2-8-5-11-6-12-10(8)4-9/h2-6H,1H3. The maximum Gasteiger partial charge on any atom is 0.308 e. The third-order valence-corrected chi connectivity index (χ3v) is 1.74. The summed E-state index contributed by atoms with van der Waals surface area (Å²) in [5, 5.41) is 0.920. The highest BCUT2D eigenvalue weighted by molar-refractivity contribution is 5.80. The molecule has 0 unspecified atom stereocenters. The predicted octanol–water partition coefficient (Wildman–Crippen LogP) is 1.56. The minimum atomic E-state index is -0.335. The van der Waals surface area contributed by atoms with Gasteiger partial charge in [0.05, 0.1) is 5.52 Å². The molecule has 0 spiro atoms. The first-order valence-electron chi connectivity index (χ1n) is 4.14. The number of ether oxygens (including phenoxy) is 1. The van der Waals surface area contributed by atoms with Crippen LogP contribution in [0.2, 0.25) is 0 Å². The quantitative estimate of drug-likeness (QED) is 0.503. The molecule has 70 valence electrons. The molecule has 0 aliphatic rings. The summed E-state index contributed by atoms with van der Waals surface area (Å²) in [6, 6.07) is 5.24. The molecular weight excluding hydrogens is 180 g/mol. The van der Waals surface area contributed by atoms with Crippen LogP contribution in [0.15, 0.2) is 30.7 Å². The SMILES string of the molecule is CC(=O)Oc1ccc2cncnc2c1. The molecule has 0 fully saturated rings. The van der Waals surface area contributed by atoms with E-state index in [1.807, 2.05) is 6.07 Å². The van der Waals surface area contributed by atoms with Crippen molar-refractivity contribution in [3.05, 3.63) is 30.7 Å². The number of benzene rings is 1. The van der Waals surface area contributed by atoms with Gasteiger partial charge in [0.25, 0.3) is 0 Å². The second-order valence-electron chi connectivity index (χ2n) is 2.84. The van der Waals surface area contributed by atoms with Crippen molar-refractivity contribution in [3.63, 3.8) is 0 Å². The molecule has 0 saturated carbocycles. The Balaban J connectivity index is 2.46. The number of carbonyl (C=O) groups is 1. The molecule has 0 N–H and O–H groups in total. The lowest BCUT2D eigenvalue weighted by molar-refractivity contribution is -0.131. The van der Waals surface area contributed by atoms with Crippen LogP contribution in [0.25, 0.3) is 10.9 Å². The van der Waals surface area contributed by atoms with Gasteiger partial charge in [-0.05, 0) is 12.1 Å². The van der Waals surface area contributed by atoms with Crippen molar-refractivity contribution in [2.24, 2.45) is 0 Å². The van der Waals surface area contributed by atoms with Gasteiger partial charge >= 0.3 is 5.97 Å². The molecule has 0 amide bonds. The van der Waals surface area contributed by atoms with Crippen molar-refractivity contribution in [2.75, 3.05) is 0 Å². The topological polar surface area (TPSA) is 52.1 Å². The monoisotopic (exact) mass is 188 g/mol. The number of esters is 1. The van der Waals surface area contributed by atoms with Crippen molar-refractivity contribution < 1.29 is 9.53 Å². The molecule has 0 radical (unpaired) electrons. The molecule has 1 heterocycles. The second-order valence-corrected chi connectivity index (χ2v) is 2.84. The molecule has 1 aromatic heterocycles. The van der Waals surface area contributed by atoms with E-state index in [4.69, 9.17) is 4.74 Å². The van der Waals surface area contributed by atoms with Crippen LogP contribution in [0.3, 0.4) is 0 Å². The van der Waals surface area contributed by atoms with E-state index >= 15 is 0 Å². The Morgan fingerprint density at radius 3 is 3.07 bits per heavy atom. The van der Waals surface area contributed by atoms with E-state index in [1.54, 1.807) is 18.3 Å². The van der Waals surface area contributed by atoms with Crippen LogP contribution in [0.4, 0.5) is 0 Å². The van der Waals surface area contributed by atoms with Crippen molar-refractivity contribution in [1.29, 1.82) is 0 Å². The fourth-order valence-corrected chi connectivity index (χ4v) is 1.18. The van der Waals surface area contributed by atoms with Gasteiger partial charge in [0.2, 0.25) is 0 Å². The normalized spacial score (nSPS) is 10.1. The first kappa shape index (κ1) is 8.62. The van der Waals surface area contributed by atoms with Gasteiger partial charge in [0.1, 0.15) is 12.1 Å². The minimum absolute atomic E-state index is 0.335. The van der Waals surface area contributed by atoms with Crippen molar-refractivity contribution in [3.8, 4) is 5.75 Å². The predicted molar refractivity (Wildman–Crippen MR) is 50.8 cm³/mol. The summed E-state index contributed by atoms with van der Waals surface area (Å²) in [4.78, 5) is 18.6. The Hall–Kier alpha value is -1.97. The number of hydrogen-bond donors (Lipinski definition) is 0. The van der Waals surface area contributed by atoms with Gasteiger partial charge < -0.3 is 4.74 Å². The summed E-state index contributed by atoms with van der Waals surface area (Å²) in [5.74, 6) is 0.169. The van der Waals surface area contributed by atoms with E-state index in [-0.39, 0.29) is 5.97 Å². The molecule has 0 atom stereocenters. The first-order valence-corrected chi connectivity index (χ1v) is 4.14. The van der Waals surface area contributed by atoms with Gasteiger partial charge in [0, 0.05) is 24.6 Å². The van der Waals surface area contributed by atoms with Crippen molar-refractivity contribution in [1.82, 2.24) is 9.97 Å². The number of aromatic nitrogens is 2. The summed E-state index contributed by atoms with van der Waals surface area (Å²) in [7, 11) is 0. The van der Waals surface area contributed by atoms with E-state index in [0.717, 1.165) is 10.9 Å². The molecule has 1 aromatic carbocycles. The van der Waals surface area contributed by atoms with Crippen LogP contribution in [-0.4, -0.2) is 15.9 Å². The zero-order chi connectivity index (χ0) is 9.97. The average molecular weight is 188 g/mol.